The van der Waals surface area contributed by atoms with E-state index in [1.165, 1.54) is 8.43 Å². The summed E-state index contributed by atoms with van der Waals surface area (Å²) in [6, 6.07) is 30.1. The van der Waals surface area contributed by atoms with Gasteiger partial charge in [-0.1, -0.05) is 102 Å². The Hall–Kier alpha value is -3.50. The summed E-state index contributed by atoms with van der Waals surface area (Å²) >= 11 is 0. The van der Waals surface area contributed by atoms with E-state index in [1.54, 1.807) is 54.6 Å². The van der Waals surface area contributed by atoms with Crippen molar-refractivity contribution in [2.75, 3.05) is 0 Å². The molecule has 9 heteroatoms. The average Bonchev–Trinajstić information content (AvgIpc) is 3.31. The maximum atomic E-state index is 14.5. The molecular formula is C31H31BN2O4S2. The summed E-state index contributed by atoms with van der Waals surface area (Å²) in [5.74, 6) is 0. The first-order chi connectivity index (χ1) is 19.2. The zero-order chi connectivity index (χ0) is 28.5. The smallest absolute Gasteiger partial charge is 0.211 e. The van der Waals surface area contributed by atoms with E-state index in [0.29, 0.717) is 11.1 Å². The number of hydrogen-bond acceptors (Lipinski definition) is 4. The molecule has 1 aliphatic rings. The molecule has 0 N–H and O–H groups in total. The van der Waals surface area contributed by atoms with E-state index in [-0.39, 0.29) is 16.1 Å². The fourth-order valence-corrected chi connectivity index (χ4v) is 8.95. The Balaban J connectivity index is 1.82. The van der Waals surface area contributed by atoms with Crippen molar-refractivity contribution < 1.29 is 16.8 Å². The molecule has 2 atom stereocenters. The van der Waals surface area contributed by atoms with Gasteiger partial charge in [-0.3, -0.25) is 0 Å². The van der Waals surface area contributed by atoms with Gasteiger partial charge < -0.3 is 0 Å². The molecule has 4 aromatic carbocycles. The Morgan fingerprint density at radius 1 is 0.625 bits per heavy atom. The second-order valence-electron chi connectivity index (χ2n) is 10.0. The molecule has 1 saturated heterocycles. The van der Waals surface area contributed by atoms with E-state index in [9.17, 15) is 16.8 Å². The highest BCUT2D eigenvalue weighted by Gasteiger charge is 2.59. The second kappa shape index (κ2) is 11.2. The highest BCUT2D eigenvalue weighted by molar-refractivity contribution is 7.92. The molecule has 40 heavy (non-hydrogen) atoms. The van der Waals surface area contributed by atoms with Gasteiger partial charge in [0.25, 0.3) is 0 Å². The maximum absolute atomic E-state index is 14.5. The molecule has 5 rings (SSSR count). The zero-order valence-electron chi connectivity index (χ0n) is 22.5. The molecule has 6 nitrogen and oxygen atoms in total. The first kappa shape index (κ1) is 28.0. The number of nitrogens with zero attached hydrogens (tertiary/aromatic N) is 2. The molecule has 0 aliphatic carbocycles. The van der Waals surface area contributed by atoms with Crippen LogP contribution in [0.15, 0.2) is 132 Å². The van der Waals surface area contributed by atoms with Crippen LogP contribution in [0.5, 0.6) is 0 Å². The molecule has 1 heterocycles. The SMILES string of the molecule is C=CCB1N(S(=O)(=O)c2ccc(C)cc2)[C@H](c2ccccc2)[C@@H](c2ccccc2)N1S(=O)(=O)c1ccc(C)cc1. The van der Waals surface area contributed by atoms with Crippen LogP contribution in [-0.2, 0) is 20.0 Å². The lowest BCUT2D eigenvalue weighted by molar-refractivity contribution is 0.377. The monoisotopic (exact) mass is 570 g/mol. The van der Waals surface area contributed by atoms with Gasteiger partial charge in [-0.25, -0.2) is 25.3 Å². The van der Waals surface area contributed by atoms with Gasteiger partial charge in [-0.15, -0.1) is 6.58 Å². The lowest BCUT2D eigenvalue weighted by Crippen LogP contribution is -2.48. The van der Waals surface area contributed by atoms with Crippen molar-refractivity contribution in [1.29, 1.82) is 0 Å². The first-order valence-electron chi connectivity index (χ1n) is 13.1. The van der Waals surface area contributed by atoms with E-state index in [2.05, 4.69) is 6.58 Å². The van der Waals surface area contributed by atoms with Crippen LogP contribution in [0.3, 0.4) is 0 Å². The van der Waals surface area contributed by atoms with Crippen LogP contribution in [0.4, 0.5) is 0 Å². The molecule has 0 radical (unpaired) electrons. The molecule has 0 bridgehead atoms. The van der Waals surface area contributed by atoms with Crippen LogP contribution in [0, 0.1) is 13.8 Å². The molecule has 0 unspecified atom stereocenters. The van der Waals surface area contributed by atoms with Gasteiger partial charge in [0.05, 0.1) is 21.9 Å². The summed E-state index contributed by atoms with van der Waals surface area (Å²) in [5.41, 5.74) is 3.24. The average molecular weight is 571 g/mol. The summed E-state index contributed by atoms with van der Waals surface area (Å²) in [6.07, 6.45) is 1.68. The van der Waals surface area contributed by atoms with E-state index in [1.807, 2.05) is 74.5 Å². The third kappa shape index (κ3) is 5.06. The molecule has 204 valence electrons. The van der Waals surface area contributed by atoms with Gasteiger partial charge in [-0.2, -0.15) is 0 Å². The molecule has 1 aliphatic heterocycles. The zero-order valence-corrected chi connectivity index (χ0v) is 24.1. The maximum Gasteiger partial charge on any atom is 0.346 e. The van der Waals surface area contributed by atoms with Crippen LogP contribution in [0.1, 0.15) is 34.3 Å². The van der Waals surface area contributed by atoms with Crippen LogP contribution in [0.2, 0.25) is 6.32 Å². The quantitative estimate of drug-likeness (QED) is 0.188. The highest BCUT2D eigenvalue weighted by Crippen LogP contribution is 2.51. The van der Waals surface area contributed by atoms with Crippen molar-refractivity contribution in [1.82, 2.24) is 8.43 Å². The molecule has 0 spiro atoms. The number of aryl methyl sites for hydroxylation is 2. The number of hydrogen-bond donors (Lipinski definition) is 0. The summed E-state index contributed by atoms with van der Waals surface area (Å²) in [4.78, 5) is 0.212. The summed E-state index contributed by atoms with van der Waals surface area (Å²) in [5, 5.41) is 0. The van der Waals surface area contributed by atoms with Gasteiger partial charge in [0.2, 0.25) is 20.0 Å². The fourth-order valence-electron chi connectivity index (χ4n) is 5.36. The lowest BCUT2D eigenvalue weighted by atomic mass is 9.73. The minimum atomic E-state index is -4.17. The minimum Gasteiger partial charge on any atom is -0.211 e. The largest absolute Gasteiger partial charge is 0.346 e. The topological polar surface area (TPSA) is 74.8 Å². The Bertz CT molecular complexity index is 1570. The lowest BCUT2D eigenvalue weighted by Gasteiger charge is -2.30. The van der Waals surface area contributed by atoms with E-state index >= 15 is 0 Å². The predicted octanol–water partition coefficient (Wildman–Crippen LogP) is 6.16. The second-order valence-corrected chi connectivity index (χ2v) is 13.7. The van der Waals surface area contributed by atoms with E-state index in [0.717, 1.165) is 11.1 Å². The first-order valence-corrected chi connectivity index (χ1v) is 16.0. The van der Waals surface area contributed by atoms with Gasteiger partial charge in [-0.05, 0) is 55.6 Å². The predicted molar refractivity (Wildman–Crippen MR) is 160 cm³/mol. The number of rotatable bonds is 8. The van der Waals surface area contributed by atoms with Crippen LogP contribution >= 0.6 is 0 Å². The van der Waals surface area contributed by atoms with Crippen molar-refractivity contribution >= 4 is 27.0 Å². The van der Waals surface area contributed by atoms with Gasteiger partial charge >= 0.3 is 6.98 Å². The number of allylic oxidation sites excluding steroid dienone is 1. The van der Waals surface area contributed by atoms with Gasteiger partial charge in [0.15, 0.2) is 0 Å². The Morgan fingerprint density at radius 2 is 0.975 bits per heavy atom. The van der Waals surface area contributed by atoms with E-state index < -0.39 is 39.1 Å². The summed E-state index contributed by atoms with van der Waals surface area (Å²) < 4.78 is 60.8. The highest BCUT2D eigenvalue weighted by atomic mass is 32.2. The molecular weight excluding hydrogens is 539 g/mol. The molecule has 0 saturated carbocycles. The normalized spacial score (nSPS) is 18.6. The Morgan fingerprint density at radius 3 is 1.30 bits per heavy atom. The van der Waals surface area contributed by atoms with Crippen molar-refractivity contribution in [2.24, 2.45) is 0 Å². The third-order valence-corrected chi connectivity index (χ3v) is 11.1. The van der Waals surface area contributed by atoms with Crippen LogP contribution < -0.4 is 0 Å². The van der Waals surface area contributed by atoms with Crippen LogP contribution in [-0.4, -0.2) is 32.3 Å². The van der Waals surface area contributed by atoms with Crippen LogP contribution in [0.25, 0.3) is 0 Å². The Kier molecular flexibility index (Phi) is 7.84. The molecule has 4 aromatic rings. The number of sulfonamides is 2. The summed E-state index contributed by atoms with van der Waals surface area (Å²) in [6.45, 7) is 6.61. The summed E-state index contributed by atoms with van der Waals surface area (Å²) in [7, 11) is -8.34. The fraction of sp³-hybridized carbons (Fsp3) is 0.161. The van der Waals surface area contributed by atoms with E-state index in [4.69, 9.17) is 0 Å². The third-order valence-electron chi connectivity index (χ3n) is 7.29. The van der Waals surface area contributed by atoms with Gasteiger partial charge in [0, 0.05) is 0 Å². The van der Waals surface area contributed by atoms with Crippen molar-refractivity contribution in [3.05, 3.63) is 144 Å². The number of benzene rings is 4. The Labute approximate surface area is 237 Å². The standard InChI is InChI=1S/C31H31BN2O4S2/c1-4-23-32-33(39(35,36)28-19-15-24(2)16-20-28)30(26-11-7-5-8-12-26)31(27-13-9-6-10-14-27)34(32)40(37,38)29-21-17-25(3)18-22-29/h4-22,30-31H,1,23H2,2-3H3/t30-,31-/m1/s1. The van der Waals surface area contributed by atoms with Crippen molar-refractivity contribution in [2.45, 2.75) is 42.0 Å². The molecule has 0 aromatic heterocycles. The van der Waals surface area contributed by atoms with Crippen molar-refractivity contribution in [3.63, 3.8) is 0 Å². The molecule has 0 amide bonds. The van der Waals surface area contributed by atoms with Crippen molar-refractivity contribution in [3.8, 4) is 0 Å². The minimum absolute atomic E-state index is 0.100. The molecule has 1 fully saturated rings. The van der Waals surface area contributed by atoms with Gasteiger partial charge in [0.1, 0.15) is 0 Å².